The maximum atomic E-state index is 12.0. The van der Waals surface area contributed by atoms with Crippen molar-refractivity contribution in [1.82, 2.24) is 10.6 Å². The second kappa shape index (κ2) is 7.71. The van der Waals surface area contributed by atoms with Crippen LogP contribution in [-0.2, 0) is 14.3 Å². The van der Waals surface area contributed by atoms with Crippen LogP contribution in [0.1, 0.15) is 12.5 Å². The Labute approximate surface area is 138 Å². The van der Waals surface area contributed by atoms with Crippen LogP contribution in [0.2, 0.25) is 0 Å². The number of rotatable bonds is 4. The Balaban J connectivity index is 1.83. The van der Waals surface area contributed by atoms with Gasteiger partial charge < -0.3 is 20.7 Å². The molecule has 2 amide bonds. The number of hydrogen-bond donors (Lipinski definition) is 3. The number of halogens is 1. The highest BCUT2D eigenvalue weighted by atomic mass is 79.9. The van der Waals surface area contributed by atoms with Crippen LogP contribution in [0.25, 0.3) is 0 Å². The molecule has 1 heterocycles. The first-order chi connectivity index (χ1) is 10.5. The number of anilines is 1. The summed E-state index contributed by atoms with van der Waals surface area (Å²) in [5, 5.41) is 8.50. The van der Waals surface area contributed by atoms with Crippen molar-refractivity contribution in [1.29, 1.82) is 0 Å². The number of carbonyl (C=O) groups is 2. The Morgan fingerprint density at radius 2 is 2.23 bits per heavy atom. The van der Waals surface area contributed by atoms with Crippen LogP contribution < -0.4 is 16.0 Å². The van der Waals surface area contributed by atoms with Crippen LogP contribution in [-0.4, -0.2) is 43.7 Å². The molecular formula is C15H20BrN3O3. The lowest BCUT2D eigenvalue weighted by atomic mass is 10.1. The highest BCUT2D eigenvalue weighted by Crippen LogP contribution is 2.19. The van der Waals surface area contributed by atoms with E-state index in [-0.39, 0.29) is 24.5 Å². The number of benzene rings is 1. The van der Waals surface area contributed by atoms with Crippen molar-refractivity contribution in [3.05, 3.63) is 28.2 Å². The smallest absolute Gasteiger partial charge is 0.243 e. The van der Waals surface area contributed by atoms with Gasteiger partial charge in [0.1, 0.15) is 6.04 Å². The van der Waals surface area contributed by atoms with Gasteiger partial charge in [-0.1, -0.05) is 15.9 Å². The first kappa shape index (κ1) is 16.9. The fourth-order valence-corrected chi connectivity index (χ4v) is 2.74. The minimum absolute atomic E-state index is 0.0702. The zero-order valence-corrected chi connectivity index (χ0v) is 14.2. The minimum atomic E-state index is -0.420. The van der Waals surface area contributed by atoms with E-state index in [0.717, 1.165) is 15.7 Å². The van der Waals surface area contributed by atoms with Crippen molar-refractivity contribution in [2.24, 2.45) is 0 Å². The van der Waals surface area contributed by atoms with Crippen molar-refractivity contribution in [3.63, 3.8) is 0 Å². The SMILES string of the molecule is Cc1cc(Br)ccc1NC(=O)CNC(=O)[C@H]1NCCO[C@@H]1C. The lowest BCUT2D eigenvalue weighted by molar-refractivity contribution is -0.130. The number of hydrogen-bond acceptors (Lipinski definition) is 4. The van der Waals surface area contributed by atoms with E-state index in [1.54, 1.807) is 0 Å². The molecule has 7 heteroatoms. The minimum Gasteiger partial charge on any atom is -0.375 e. The zero-order chi connectivity index (χ0) is 16.1. The molecule has 2 rings (SSSR count). The fraction of sp³-hybridized carbons (Fsp3) is 0.467. The monoisotopic (exact) mass is 369 g/mol. The van der Waals surface area contributed by atoms with E-state index >= 15 is 0 Å². The molecule has 3 N–H and O–H groups in total. The molecule has 0 saturated carbocycles. The molecule has 6 nitrogen and oxygen atoms in total. The van der Waals surface area contributed by atoms with Gasteiger partial charge >= 0.3 is 0 Å². The van der Waals surface area contributed by atoms with Crippen molar-refractivity contribution >= 4 is 33.4 Å². The molecule has 0 bridgehead atoms. The van der Waals surface area contributed by atoms with Gasteiger partial charge in [0, 0.05) is 16.7 Å². The molecule has 0 unspecified atom stereocenters. The molecular weight excluding hydrogens is 350 g/mol. The molecule has 22 heavy (non-hydrogen) atoms. The standard InChI is InChI=1S/C15H20BrN3O3/c1-9-7-11(16)3-4-12(9)19-13(20)8-18-15(21)14-10(2)22-6-5-17-14/h3-4,7,10,14,17H,5-6,8H2,1-2H3,(H,18,21)(H,19,20)/t10-,14+/m1/s1. The summed E-state index contributed by atoms with van der Waals surface area (Å²) < 4.78 is 6.37. The number of amides is 2. The van der Waals surface area contributed by atoms with E-state index in [0.29, 0.717) is 13.2 Å². The molecule has 0 radical (unpaired) electrons. The Morgan fingerprint density at radius 1 is 1.45 bits per heavy atom. The van der Waals surface area contributed by atoms with Crippen molar-refractivity contribution in [2.45, 2.75) is 26.0 Å². The number of ether oxygens (including phenoxy) is 1. The van der Waals surface area contributed by atoms with E-state index in [1.165, 1.54) is 0 Å². The summed E-state index contributed by atoms with van der Waals surface area (Å²) in [7, 11) is 0. The third-order valence-electron chi connectivity index (χ3n) is 3.48. The molecule has 1 aliphatic rings. The summed E-state index contributed by atoms with van der Waals surface area (Å²) in [6.45, 7) is 4.89. The van der Waals surface area contributed by atoms with Crippen LogP contribution in [0.3, 0.4) is 0 Å². The van der Waals surface area contributed by atoms with Crippen molar-refractivity contribution in [3.8, 4) is 0 Å². The van der Waals surface area contributed by atoms with Crippen molar-refractivity contribution in [2.75, 3.05) is 25.0 Å². The normalized spacial score (nSPS) is 21.2. The van der Waals surface area contributed by atoms with E-state index in [1.807, 2.05) is 32.0 Å². The number of carbonyl (C=O) groups excluding carboxylic acids is 2. The molecule has 2 atom stereocenters. The highest BCUT2D eigenvalue weighted by Gasteiger charge is 2.28. The predicted octanol–water partition coefficient (Wildman–Crippen LogP) is 1.19. The average molecular weight is 370 g/mol. The summed E-state index contributed by atoms with van der Waals surface area (Å²) in [6.07, 6.45) is -0.203. The van der Waals surface area contributed by atoms with E-state index in [9.17, 15) is 9.59 Å². The van der Waals surface area contributed by atoms with Crippen LogP contribution in [0, 0.1) is 6.92 Å². The lowest BCUT2D eigenvalue weighted by Gasteiger charge is -2.29. The molecule has 1 aliphatic heterocycles. The molecule has 1 aromatic rings. The molecule has 1 aromatic carbocycles. The first-order valence-electron chi connectivity index (χ1n) is 7.16. The van der Waals surface area contributed by atoms with Gasteiger partial charge in [-0.2, -0.15) is 0 Å². The zero-order valence-electron chi connectivity index (χ0n) is 12.6. The summed E-state index contributed by atoms with van der Waals surface area (Å²) in [4.78, 5) is 24.0. The molecule has 0 aromatic heterocycles. The first-order valence-corrected chi connectivity index (χ1v) is 7.95. The topological polar surface area (TPSA) is 79.5 Å². The van der Waals surface area contributed by atoms with Crippen LogP contribution in [0.15, 0.2) is 22.7 Å². The van der Waals surface area contributed by atoms with Gasteiger partial charge in [-0.15, -0.1) is 0 Å². The van der Waals surface area contributed by atoms with E-state index in [4.69, 9.17) is 4.74 Å². The average Bonchev–Trinajstić information content (AvgIpc) is 2.48. The van der Waals surface area contributed by atoms with Gasteiger partial charge in [0.2, 0.25) is 11.8 Å². The van der Waals surface area contributed by atoms with Gasteiger partial charge in [-0.05, 0) is 37.6 Å². The fourth-order valence-electron chi connectivity index (χ4n) is 2.27. The van der Waals surface area contributed by atoms with Gasteiger partial charge in [-0.3, -0.25) is 9.59 Å². The van der Waals surface area contributed by atoms with Gasteiger partial charge in [0.15, 0.2) is 0 Å². The number of aryl methyl sites for hydroxylation is 1. The van der Waals surface area contributed by atoms with Crippen molar-refractivity contribution < 1.29 is 14.3 Å². The third kappa shape index (κ3) is 4.53. The predicted molar refractivity (Wildman–Crippen MR) is 87.7 cm³/mol. The quantitative estimate of drug-likeness (QED) is 0.744. The van der Waals surface area contributed by atoms with Crippen LogP contribution in [0.4, 0.5) is 5.69 Å². The third-order valence-corrected chi connectivity index (χ3v) is 3.98. The molecule has 0 spiro atoms. The van der Waals surface area contributed by atoms with Crippen LogP contribution in [0.5, 0.6) is 0 Å². The molecule has 1 saturated heterocycles. The van der Waals surface area contributed by atoms with Gasteiger partial charge in [-0.25, -0.2) is 0 Å². The number of morpholine rings is 1. The van der Waals surface area contributed by atoms with Crippen LogP contribution >= 0.6 is 15.9 Å². The largest absolute Gasteiger partial charge is 0.375 e. The molecule has 0 aliphatic carbocycles. The Hall–Kier alpha value is -1.44. The second-order valence-corrected chi connectivity index (χ2v) is 6.15. The summed E-state index contributed by atoms with van der Waals surface area (Å²) in [6, 6.07) is 5.17. The maximum absolute atomic E-state index is 12.0. The number of nitrogens with one attached hydrogen (secondary N) is 3. The van der Waals surface area contributed by atoms with Gasteiger partial charge in [0.05, 0.1) is 19.3 Å². The van der Waals surface area contributed by atoms with E-state index < -0.39 is 6.04 Å². The Morgan fingerprint density at radius 3 is 2.91 bits per heavy atom. The Bertz CT molecular complexity index is 565. The highest BCUT2D eigenvalue weighted by molar-refractivity contribution is 9.10. The molecule has 120 valence electrons. The summed E-state index contributed by atoms with van der Waals surface area (Å²) in [5.41, 5.74) is 1.68. The second-order valence-electron chi connectivity index (χ2n) is 5.23. The molecule has 1 fully saturated rings. The van der Waals surface area contributed by atoms with Gasteiger partial charge in [0.25, 0.3) is 0 Å². The van der Waals surface area contributed by atoms with E-state index in [2.05, 4.69) is 31.9 Å². The Kier molecular flexibility index (Phi) is 5.93. The summed E-state index contributed by atoms with van der Waals surface area (Å²) >= 11 is 3.37. The summed E-state index contributed by atoms with van der Waals surface area (Å²) in [5.74, 6) is -0.488. The lowest BCUT2D eigenvalue weighted by Crippen LogP contribution is -2.56. The maximum Gasteiger partial charge on any atom is 0.243 e.